The fraction of sp³-hybridized carbons (Fsp3) is 0.111. The van der Waals surface area contributed by atoms with Gasteiger partial charge >= 0.3 is 0 Å². The van der Waals surface area contributed by atoms with Crippen LogP contribution < -0.4 is 9.64 Å². The highest BCUT2D eigenvalue weighted by molar-refractivity contribution is 6.14. The molecule has 2 aliphatic heterocycles. The Hall–Kier alpha value is -7.04. The van der Waals surface area contributed by atoms with E-state index in [-0.39, 0.29) is 12.1 Å². The molecule has 3 aliphatic carbocycles. The molecule has 58 heavy (non-hydrogen) atoms. The van der Waals surface area contributed by atoms with E-state index in [4.69, 9.17) is 9.15 Å². The lowest BCUT2D eigenvalue weighted by Crippen LogP contribution is -2.24. The van der Waals surface area contributed by atoms with E-state index in [2.05, 4.69) is 167 Å². The third-order valence-electron chi connectivity index (χ3n) is 13.2. The van der Waals surface area contributed by atoms with Gasteiger partial charge in [0.25, 0.3) is 0 Å². The molecule has 276 valence electrons. The van der Waals surface area contributed by atoms with E-state index >= 15 is 0 Å². The van der Waals surface area contributed by atoms with E-state index in [0.29, 0.717) is 0 Å². The summed E-state index contributed by atoms with van der Waals surface area (Å²) in [6.07, 6.45) is 18.1. The molecule has 0 bridgehead atoms. The van der Waals surface area contributed by atoms with Crippen LogP contribution in [0.25, 0.3) is 66.0 Å². The van der Waals surface area contributed by atoms with E-state index in [0.717, 1.165) is 58.9 Å². The van der Waals surface area contributed by atoms with Crippen molar-refractivity contribution >= 4 is 60.6 Å². The first-order valence-electron chi connectivity index (χ1n) is 20.6. The smallest absolute Gasteiger partial charge is 0.136 e. The van der Waals surface area contributed by atoms with Crippen LogP contribution in [-0.4, -0.2) is 10.7 Å². The minimum atomic E-state index is 0.0892. The summed E-state index contributed by atoms with van der Waals surface area (Å²) in [6, 6.07) is 48.4. The molecule has 0 spiro atoms. The Balaban J connectivity index is 0.882. The fourth-order valence-electron chi connectivity index (χ4n) is 10.5. The van der Waals surface area contributed by atoms with E-state index in [9.17, 15) is 0 Å². The van der Waals surface area contributed by atoms with Gasteiger partial charge in [-0.05, 0) is 102 Å². The number of fused-ring (bicyclic) bond motifs is 12. The third kappa shape index (κ3) is 4.69. The average molecular weight is 747 g/mol. The summed E-state index contributed by atoms with van der Waals surface area (Å²) in [4.78, 5) is 2.51. The summed E-state index contributed by atoms with van der Waals surface area (Å²) in [5, 5.41) is 4.99. The molecule has 2 aromatic heterocycles. The molecule has 2 unspecified atom stereocenters. The molecule has 4 heteroatoms. The number of rotatable bonds is 5. The number of ether oxygens (including phenoxy) is 1. The van der Waals surface area contributed by atoms with E-state index in [1.54, 1.807) is 0 Å². The first-order chi connectivity index (χ1) is 28.7. The van der Waals surface area contributed by atoms with Gasteiger partial charge in [0.2, 0.25) is 0 Å². The van der Waals surface area contributed by atoms with Crippen LogP contribution in [-0.2, 0) is 0 Å². The predicted molar refractivity (Wildman–Crippen MR) is 238 cm³/mol. The quantitative estimate of drug-likeness (QED) is 0.176. The highest BCUT2D eigenvalue weighted by Crippen LogP contribution is 2.51. The first-order valence-corrected chi connectivity index (χ1v) is 20.6. The van der Waals surface area contributed by atoms with Gasteiger partial charge in [-0.1, -0.05) is 115 Å². The topological polar surface area (TPSA) is 30.5 Å². The Morgan fingerprint density at radius 2 is 1.36 bits per heavy atom. The van der Waals surface area contributed by atoms with Gasteiger partial charge in [0, 0.05) is 67.3 Å². The van der Waals surface area contributed by atoms with Gasteiger partial charge in [-0.2, -0.15) is 0 Å². The van der Waals surface area contributed by atoms with Crippen molar-refractivity contribution in [3.8, 4) is 16.9 Å². The highest BCUT2D eigenvalue weighted by Gasteiger charge is 2.35. The Labute approximate surface area is 336 Å². The Morgan fingerprint density at radius 1 is 0.586 bits per heavy atom. The molecule has 4 nitrogen and oxygen atoms in total. The highest BCUT2D eigenvalue weighted by atomic mass is 16.5. The molecule has 0 saturated heterocycles. The first kappa shape index (κ1) is 32.1. The zero-order chi connectivity index (χ0) is 37.9. The van der Waals surface area contributed by atoms with Crippen LogP contribution in [0.4, 0.5) is 5.69 Å². The maximum Gasteiger partial charge on any atom is 0.136 e. The number of benzene rings is 6. The fourth-order valence-corrected chi connectivity index (χ4v) is 10.5. The van der Waals surface area contributed by atoms with Gasteiger partial charge in [0.05, 0.1) is 11.6 Å². The molecule has 4 heterocycles. The lowest BCUT2D eigenvalue weighted by atomic mass is 9.85. The lowest BCUT2D eigenvalue weighted by Gasteiger charge is -2.34. The minimum absolute atomic E-state index is 0.0892. The summed E-state index contributed by atoms with van der Waals surface area (Å²) >= 11 is 0. The monoisotopic (exact) mass is 746 g/mol. The predicted octanol–water partition coefficient (Wildman–Crippen LogP) is 13.9. The summed E-state index contributed by atoms with van der Waals surface area (Å²) in [5.74, 6) is 1.00. The number of nitrogens with zero attached hydrogens (tertiary/aromatic N) is 2. The standard InChI is InChI=1S/C54H38N2O2/c1-4-13-48-40(8-1)45-11-7-12-46-47-32-39(26-29-49(47)56(48)54(45)46)55(37-22-16-33(17-23-37)35-20-27-43-41-9-2-5-14-50(41)57-52(43)30-35)38-24-18-34(19-25-38)36-21-28-44-42-10-3-6-15-51(42)58-53(44)31-36/h1-18,20-24,26-28,30,32,49,53H,19,25,29,31H2. The average Bonchev–Trinajstić information content (AvgIpc) is 4.03. The van der Waals surface area contributed by atoms with Gasteiger partial charge < -0.3 is 18.6 Å². The zero-order valence-electron chi connectivity index (χ0n) is 31.9. The molecular weight excluding hydrogens is 709 g/mol. The molecule has 0 saturated carbocycles. The number of furan rings is 1. The molecule has 8 aromatic rings. The zero-order valence-corrected chi connectivity index (χ0v) is 31.9. The van der Waals surface area contributed by atoms with Crippen molar-refractivity contribution in [1.29, 1.82) is 0 Å². The van der Waals surface area contributed by atoms with Crippen molar-refractivity contribution in [1.82, 2.24) is 4.57 Å². The van der Waals surface area contributed by atoms with Crippen molar-refractivity contribution in [3.63, 3.8) is 0 Å². The van der Waals surface area contributed by atoms with Crippen LogP contribution >= 0.6 is 0 Å². The van der Waals surface area contributed by atoms with Crippen molar-refractivity contribution in [3.05, 3.63) is 204 Å². The largest absolute Gasteiger partial charge is 0.485 e. The van der Waals surface area contributed by atoms with E-state index < -0.39 is 0 Å². The molecule has 0 amide bonds. The van der Waals surface area contributed by atoms with Crippen LogP contribution in [0.5, 0.6) is 5.75 Å². The molecule has 0 radical (unpaired) electrons. The van der Waals surface area contributed by atoms with Crippen LogP contribution in [0, 0.1) is 0 Å². The van der Waals surface area contributed by atoms with Crippen molar-refractivity contribution < 1.29 is 9.15 Å². The van der Waals surface area contributed by atoms with Gasteiger partial charge in [0.1, 0.15) is 23.0 Å². The summed E-state index contributed by atoms with van der Waals surface area (Å²) in [5.41, 5.74) is 18.6. The van der Waals surface area contributed by atoms with Gasteiger partial charge in [0.15, 0.2) is 0 Å². The SMILES string of the molecule is C1=C(C2=CC=C3c4ccccc4OC3C2)CCC(N(C2=CCC3C(=C2)c2cccc4c5ccccc5n3c24)c2ccc(-c3ccc4c(c3)oc3ccccc34)cc2)=C1. The summed E-state index contributed by atoms with van der Waals surface area (Å²) < 4.78 is 15.3. The Bertz CT molecular complexity index is 3270. The molecular formula is C54H38N2O2. The van der Waals surface area contributed by atoms with Crippen molar-refractivity contribution in [2.75, 3.05) is 4.90 Å². The van der Waals surface area contributed by atoms with Crippen LogP contribution in [0.1, 0.15) is 42.9 Å². The molecule has 0 N–H and O–H groups in total. The lowest BCUT2D eigenvalue weighted by molar-refractivity contribution is 0.275. The minimum Gasteiger partial charge on any atom is -0.485 e. The Kier molecular flexibility index (Phi) is 6.77. The molecule has 13 rings (SSSR count). The molecule has 2 atom stereocenters. The van der Waals surface area contributed by atoms with Crippen molar-refractivity contribution in [2.45, 2.75) is 37.8 Å². The second-order valence-electron chi connectivity index (χ2n) is 16.2. The summed E-state index contributed by atoms with van der Waals surface area (Å²) in [7, 11) is 0. The maximum absolute atomic E-state index is 6.42. The van der Waals surface area contributed by atoms with Crippen LogP contribution in [0.15, 0.2) is 197 Å². The normalized spacial score (nSPS) is 19.2. The Morgan fingerprint density at radius 3 is 2.28 bits per heavy atom. The maximum atomic E-state index is 6.42. The number of hydrogen-bond acceptors (Lipinski definition) is 3. The second-order valence-corrected chi connectivity index (χ2v) is 16.2. The number of anilines is 1. The second kappa shape index (κ2) is 12.2. The molecule has 0 fully saturated rings. The third-order valence-corrected chi connectivity index (χ3v) is 13.2. The van der Waals surface area contributed by atoms with Crippen LogP contribution in [0.3, 0.4) is 0 Å². The van der Waals surface area contributed by atoms with Gasteiger partial charge in [-0.15, -0.1) is 0 Å². The van der Waals surface area contributed by atoms with Gasteiger partial charge in [-0.3, -0.25) is 0 Å². The molecule has 6 aromatic carbocycles. The van der Waals surface area contributed by atoms with E-state index in [1.807, 2.05) is 12.1 Å². The number of allylic oxidation sites excluding steroid dienone is 9. The van der Waals surface area contributed by atoms with E-state index in [1.165, 1.54) is 77.9 Å². The number of para-hydroxylation sites is 4. The van der Waals surface area contributed by atoms with Gasteiger partial charge in [-0.25, -0.2) is 0 Å². The number of hydrogen-bond donors (Lipinski definition) is 0. The van der Waals surface area contributed by atoms with Crippen molar-refractivity contribution in [2.24, 2.45) is 0 Å². The number of aromatic nitrogens is 1. The summed E-state index contributed by atoms with van der Waals surface area (Å²) in [6.45, 7) is 0. The molecule has 5 aliphatic rings. The van der Waals surface area contributed by atoms with Crippen LogP contribution in [0.2, 0.25) is 0 Å².